The summed E-state index contributed by atoms with van der Waals surface area (Å²) in [4.78, 5) is 0. The largest absolute Gasteiger partial charge is 0.0995 e. The highest BCUT2D eigenvalue weighted by molar-refractivity contribution is 5.88. The van der Waals surface area contributed by atoms with Crippen molar-refractivity contribution in [2.24, 2.45) is 5.92 Å². The quantitative estimate of drug-likeness (QED) is 0.287. The molecule has 0 aliphatic carbocycles. The van der Waals surface area contributed by atoms with Gasteiger partial charge < -0.3 is 0 Å². The SMILES string of the molecule is C/C=C/C.C=C(C)C(C)c1ccc2cc(-c3ccc(C)c(C(C)(C)C)c3)ccc2c1.CC.CC.CC.CC(C)C. The molecule has 0 fully saturated rings. The summed E-state index contributed by atoms with van der Waals surface area (Å²) in [6.07, 6.45) is 4.00. The van der Waals surface area contributed by atoms with Gasteiger partial charge in [-0.3, -0.25) is 0 Å². The zero-order valence-electron chi connectivity index (χ0n) is 29.7. The molecule has 0 bridgehead atoms. The van der Waals surface area contributed by atoms with Crippen LogP contribution in [0, 0.1) is 12.8 Å². The van der Waals surface area contributed by atoms with E-state index in [-0.39, 0.29) is 5.41 Å². The van der Waals surface area contributed by atoms with Crippen LogP contribution in [-0.2, 0) is 5.41 Å². The maximum atomic E-state index is 4.10. The molecule has 3 rings (SSSR count). The summed E-state index contributed by atoms with van der Waals surface area (Å²) in [6.45, 7) is 40.0. The van der Waals surface area contributed by atoms with Crippen LogP contribution in [0.25, 0.3) is 21.9 Å². The number of hydrogen-bond acceptors (Lipinski definition) is 0. The predicted molar refractivity (Wildman–Crippen MR) is 191 cm³/mol. The Bertz CT molecular complexity index is 1080. The first kappa shape index (κ1) is 41.9. The molecular formula is C40H66. The summed E-state index contributed by atoms with van der Waals surface area (Å²) in [5.74, 6) is 1.23. The number of fused-ring (bicyclic) bond motifs is 1. The first-order chi connectivity index (χ1) is 18.8. The second-order valence-corrected chi connectivity index (χ2v) is 11.1. The highest BCUT2D eigenvalue weighted by atomic mass is 14.2. The summed E-state index contributed by atoms with van der Waals surface area (Å²) in [6, 6.07) is 20.4. The van der Waals surface area contributed by atoms with Crippen LogP contribution in [-0.4, -0.2) is 0 Å². The smallest absolute Gasteiger partial charge is 0.00145 e. The Morgan fingerprint density at radius 3 is 1.50 bits per heavy atom. The van der Waals surface area contributed by atoms with Crippen LogP contribution in [0.5, 0.6) is 0 Å². The Morgan fingerprint density at radius 2 is 1.07 bits per heavy atom. The number of allylic oxidation sites excluding steroid dienone is 3. The topological polar surface area (TPSA) is 0 Å². The van der Waals surface area contributed by atoms with E-state index in [1.807, 2.05) is 67.5 Å². The van der Waals surface area contributed by atoms with Gasteiger partial charge >= 0.3 is 0 Å². The van der Waals surface area contributed by atoms with Gasteiger partial charge in [0.2, 0.25) is 0 Å². The number of aryl methyl sites for hydroxylation is 1. The Morgan fingerprint density at radius 1 is 0.675 bits per heavy atom. The zero-order valence-corrected chi connectivity index (χ0v) is 29.7. The molecule has 0 saturated carbocycles. The van der Waals surface area contributed by atoms with E-state index in [1.54, 1.807) is 0 Å². The number of rotatable bonds is 3. The minimum atomic E-state index is 0.157. The molecule has 0 nitrogen and oxygen atoms in total. The standard InChI is InChI=1S/C26H30.C4H10.C4H8.3C2H6/c1-17(2)19(4)20-10-11-22-15-23(13-12-21(22)14-20)24-9-8-18(3)25(16-24)26(5,6)7;1-4(2)3;1-3-4-2;3*1-2/h8-16,19H,1H2,2-7H3;4H,1-3H3;3-4H,1-2H3;3*1-2H3/b;;4-3+;;;. The summed E-state index contributed by atoms with van der Waals surface area (Å²) in [5, 5.41) is 2.58. The van der Waals surface area contributed by atoms with Gasteiger partial charge in [0.05, 0.1) is 0 Å². The summed E-state index contributed by atoms with van der Waals surface area (Å²) in [5.41, 5.74) is 8.05. The van der Waals surface area contributed by atoms with Gasteiger partial charge in [-0.2, -0.15) is 0 Å². The van der Waals surface area contributed by atoms with Gasteiger partial charge in [0.15, 0.2) is 0 Å². The molecule has 0 saturated heterocycles. The second kappa shape index (κ2) is 23.1. The predicted octanol–water partition coefficient (Wildman–Crippen LogP) is 14.1. The van der Waals surface area contributed by atoms with Gasteiger partial charge in [0.1, 0.15) is 0 Å². The molecule has 1 unspecified atom stereocenters. The van der Waals surface area contributed by atoms with Crippen LogP contribution in [0.1, 0.15) is 133 Å². The molecule has 0 N–H and O–H groups in total. The van der Waals surface area contributed by atoms with Crippen molar-refractivity contribution in [1.29, 1.82) is 0 Å². The van der Waals surface area contributed by atoms with Crippen LogP contribution in [0.15, 0.2) is 78.9 Å². The third-order valence-corrected chi connectivity index (χ3v) is 5.82. The van der Waals surface area contributed by atoms with Crippen molar-refractivity contribution in [2.75, 3.05) is 0 Å². The van der Waals surface area contributed by atoms with Crippen molar-refractivity contribution in [3.8, 4) is 11.1 Å². The van der Waals surface area contributed by atoms with E-state index in [9.17, 15) is 0 Å². The third kappa shape index (κ3) is 15.9. The maximum Gasteiger partial charge on any atom is 0.00145 e. The first-order valence-electron chi connectivity index (χ1n) is 15.7. The maximum absolute atomic E-state index is 4.10. The van der Waals surface area contributed by atoms with Crippen LogP contribution in [0.4, 0.5) is 0 Å². The molecule has 226 valence electrons. The molecule has 0 heterocycles. The number of benzene rings is 3. The van der Waals surface area contributed by atoms with Crippen LogP contribution >= 0.6 is 0 Å². The van der Waals surface area contributed by atoms with Crippen LogP contribution in [0.2, 0.25) is 0 Å². The van der Waals surface area contributed by atoms with E-state index in [0.717, 1.165) is 5.92 Å². The molecule has 0 aromatic heterocycles. The number of hydrogen-bond donors (Lipinski definition) is 0. The fraction of sp³-hybridized carbons (Fsp3) is 0.500. The lowest BCUT2D eigenvalue weighted by atomic mass is 9.82. The fourth-order valence-corrected chi connectivity index (χ4v) is 3.61. The van der Waals surface area contributed by atoms with Crippen molar-refractivity contribution in [3.63, 3.8) is 0 Å². The molecule has 3 aromatic rings. The van der Waals surface area contributed by atoms with E-state index in [4.69, 9.17) is 0 Å². The zero-order chi connectivity index (χ0) is 32.1. The summed E-state index contributed by atoms with van der Waals surface area (Å²) in [7, 11) is 0. The van der Waals surface area contributed by atoms with Gasteiger partial charge in [-0.05, 0) is 83.7 Å². The molecule has 0 radical (unpaired) electrons. The minimum absolute atomic E-state index is 0.157. The fourth-order valence-electron chi connectivity index (χ4n) is 3.61. The molecule has 0 heteroatoms. The molecule has 40 heavy (non-hydrogen) atoms. The van der Waals surface area contributed by atoms with E-state index >= 15 is 0 Å². The van der Waals surface area contributed by atoms with E-state index < -0.39 is 0 Å². The van der Waals surface area contributed by atoms with Gasteiger partial charge in [0, 0.05) is 5.92 Å². The van der Waals surface area contributed by atoms with Gasteiger partial charge in [-0.1, -0.05) is 163 Å². The Kier molecular flexibility index (Phi) is 24.2. The van der Waals surface area contributed by atoms with Crippen LogP contribution in [0.3, 0.4) is 0 Å². The molecule has 0 spiro atoms. The monoisotopic (exact) mass is 547 g/mol. The van der Waals surface area contributed by atoms with E-state index in [2.05, 4.69) is 123 Å². The average Bonchev–Trinajstić information content (AvgIpc) is 2.94. The Hall–Kier alpha value is -2.60. The van der Waals surface area contributed by atoms with Crippen molar-refractivity contribution in [3.05, 3.63) is 95.6 Å². The molecule has 0 amide bonds. The lowest BCUT2D eigenvalue weighted by Crippen LogP contribution is -2.13. The van der Waals surface area contributed by atoms with Crippen molar-refractivity contribution >= 4 is 10.8 Å². The highest BCUT2D eigenvalue weighted by Gasteiger charge is 2.17. The highest BCUT2D eigenvalue weighted by Crippen LogP contribution is 2.33. The van der Waals surface area contributed by atoms with Crippen molar-refractivity contribution in [1.82, 2.24) is 0 Å². The summed E-state index contributed by atoms with van der Waals surface area (Å²) < 4.78 is 0. The molecule has 3 aromatic carbocycles. The lowest BCUT2D eigenvalue weighted by molar-refractivity contribution is 0.586. The van der Waals surface area contributed by atoms with Gasteiger partial charge in [0.25, 0.3) is 0 Å². The van der Waals surface area contributed by atoms with E-state index in [1.165, 1.54) is 44.2 Å². The minimum Gasteiger partial charge on any atom is -0.0995 e. The Balaban J connectivity index is -0.000000831. The average molecular weight is 547 g/mol. The second-order valence-electron chi connectivity index (χ2n) is 11.1. The molecule has 0 aliphatic heterocycles. The Labute approximate surface area is 252 Å². The molecular weight excluding hydrogens is 480 g/mol. The van der Waals surface area contributed by atoms with Gasteiger partial charge in [-0.25, -0.2) is 0 Å². The van der Waals surface area contributed by atoms with Gasteiger partial charge in [-0.15, -0.1) is 0 Å². The molecule has 0 aliphatic rings. The van der Waals surface area contributed by atoms with Crippen molar-refractivity contribution < 1.29 is 0 Å². The first-order valence-corrected chi connectivity index (χ1v) is 15.7. The van der Waals surface area contributed by atoms with E-state index in [0.29, 0.717) is 5.92 Å². The lowest BCUT2D eigenvalue weighted by Gasteiger charge is -2.22. The van der Waals surface area contributed by atoms with Crippen LogP contribution < -0.4 is 0 Å². The van der Waals surface area contributed by atoms with Crippen molar-refractivity contribution in [2.45, 2.75) is 129 Å². The summed E-state index contributed by atoms with van der Waals surface area (Å²) >= 11 is 0. The normalized spacial score (nSPS) is 10.8. The third-order valence-electron chi connectivity index (χ3n) is 5.82. The molecule has 1 atom stereocenters.